The van der Waals surface area contributed by atoms with Gasteiger partial charge in [-0.25, -0.2) is 8.42 Å². The molecule has 0 aliphatic carbocycles. The molecule has 11 heteroatoms. The molecule has 0 spiro atoms. The van der Waals surface area contributed by atoms with Crippen molar-refractivity contribution in [3.63, 3.8) is 0 Å². The summed E-state index contributed by atoms with van der Waals surface area (Å²) in [4.78, 5) is 29.4. The molecule has 0 aliphatic rings. The second-order valence-electron chi connectivity index (χ2n) is 9.98. The Balaban J connectivity index is 2.09. The fraction of sp³-hybridized carbons (Fsp3) is 0.355. The van der Waals surface area contributed by atoms with Crippen LogP contribution in [0.15, 0.2) is 77.3 Å². The molecule has 1 N–H and O–H groups in total. The van der Waals surface area contributed by atoms with Gasteiger partial charge in [-0.1, -0.05) is 65.3 Å². The second-order valence-corrected chi connectivity index (χ2v) is 12.8. The molecule has 42 heavy (non-hydrogen) atoms. The van der Waals surface area contributed by atoms with Crippen molar-refractivity contribution in [3.8, 4) is 11.5 Å². The van der Waals surface area contributed by atoms with Crippen LogP contribution in [0.3, 0.4) is 0 Å². The Labute approximate surface area is 257 Å². The zero-order valence-electron chi connectivity index (χ0n) is 24.5. The molecule has 2 atom stereocenters. The summed E-state index contributed by atoms with van der Waals surface area (Å²) in [5.41, 5.74) is 1.84. The maximum Gasteiger partial charge on any atom is 0.244 e. The van der Waals surface area contributed by atoms with E-state index in [4.69, 9.17) is 9.47 Å². The highest BCUT2D eigenvalue weighted by Gasteiger charge is 2.34. The van der Waals surface area contributed by atoms with E-state index in [-0.39, 0.29) is 36.4 Å². The van der Waals surface area contributed by atoms with E-state index in [2.05, 4.69) is 21.2 Å². The Morgan fingerprint density at radius 3 is 2.19 bits per heavy atom. The lowest BCUT2D eigenvalue weighted by Crippen LogP contribution is -2.54. The molecular weight excluding hydrogens is 622 g/mol. The first-order chi connectivity index (χ1) is 20.0. The monoisotopic (exact) mass is 659 g/mol. The van der Waals surface area contributed by atoms with Gasteiger partial charge in [0.25, 0.3) is 0 Å². The Kier molecular flexibility index (Phi) is 11.8. The summed E-state index contributed by atoms with van der Waals surface area (Å²) in [5.74, 6) is -0.160. The molecule has 0 fully saturated rings. The zero-order chi connectivity index (χ0) is 30.9. The quantitative estimate of drug-likeness (QED) is 0.267. The van der Waals surface area contributed by atoms with Crippen LogP contribution in [0.5, 0.6) is 11.5 Å². The van der Waals surface area contributed by atoms with Crippen molar-refractivity contribution < 1.29 is 27.5 Å². The topological polar surface area (TPSA) is 105 Å². The van der Waals surface area contributed by atoms with E-state index in [0.717, 1.165) is 26.2 Å². The molecule has 9 nitrogen and oxygen atoms in total. The van der Waals surface area contributed by atoms with Crippen LogP contribution < -0.4 is 19.1 Å². The van der Waals surface area contributed by atoms with Gasteiger partial charge in [0.05, 0.1) is 26.2 Å². The lowest BCUT2D eigenvalue weighted by Gasteiger charge is -2.34. The van der Waals surface area contributed by atoms with Crippen molar-refractivity contribution in [3.05, 3.63) is 88.4 Å². The Morgan fingerprint density at radius 1 is 0.952 bits per heavy atom. The first kappa shape index (κ1) is 32.9. The van der Waals surface area contributed by atoms with Crippen molar-refractivity contribution in [2.24, 2.45) is 0 Å². The number of halogens is 1. The maximum absolute atomic E-state index is 14.2. The number of rotatable bonds is 14. The van der Waals surface area contributed by atoms with Crippen LogP contribution in [0, 0.1) is 0 Å². The molecule has 0 bridgehead atoms. The van der Waals surface area contributed by atoms with Gasteiger partial charge >= 0.3 is 0 Å². The molecular formula is C31H38BrN3O6S. The van der Waals surface area contributed by atoms with Crippen molar-refractivity contribution >= 4 is 43.5 Å². The van der Waals surface area contributed by atoms with Crippen molar-refractivity contribution in [1.29, 1.82) is 0 Å². The third-order valence-corrected chi connectivity index (χ3v) is 8.53. The summed E-state index contributed by atoms with van der Waals surface area (Å²) in [6, 6.07) is 20.5. The van der Waals surface area contributed by atoms with E-state index < -0.39 is 28.5 Å². The second kappa shape index (κ2) is 15.1. The molecule has 3 aromatic carbocycles. The smallest absolute Gasteiger partial charge is 0.244 e. The van der Waals surface area contributed by atoms with E-state index in [0.29, 0.717) is 12.2 Å². The summed E-state index contributed by atoms with van der Waals surface area (Å²) in [5, 5.41) is 3.02. The van der Waals surface area contributed by atoms with E-state index in [9.17, 15) is 18.0 Å². The number of methoxy groups -OCH3 is 2. The zero-order valence-corrected chi connectivity index (χ0v) is 26.9. The number of carbonyl (C=O) groups excluding carboxylic acids is 2. The highest BCUT2D eigenvalue weighted by Crippen LogP contribution is 2.34. The predicted octanol–water partition coefficient (Wildman–Crippen LogP) is 4.79. The molecule has 0 saturated heterocycles. The number of anilines is 1. The number of amides is 2. The first-order valence-corrected chi connectivity index (χ1v) is 16.2. The lowest BCUT2D eigenvalue weighted by atomic mass is 10.0. The Morgan fingerprint density at radius 2 is 1.62 bits per heavy atom. The van der Waals surface area contributed by atoms with E-state index in [1.165, 1.54) is 25.2 Å². The molecule has 0 radical (unpaired) electrons. The van der Waals surface area contributed by atoms with Crippen molar-refractivity contribution in [2.45, 2.75) is 45.3 Å². The number of nitrogens with zero attached hydrogens (tertiary/aromatic N) is 2. The van der Waals surface area contributed by atoms with Crippen LogP contribution in [0.1, 0.15) is 31.4 Å². The van der Waals surface area contributed by atoms with Crippen LogP contribution in [-0.4, -0.2) is 64.2 Å². The van der Waals surface area contributed by atoms with Gasteiger partial charge in [0, 0.05) is 29.5 Å². The van der Waals surface area contributed by atoms with Crippen molar-refractivity contribution in [1.82, 2.24) is 10.2 Å². The number of hydrogen-bond donors (Lipinski definition) is 1. The fourth-order valence-electron chi connectivity index (χ4n) is 4.37. The van der Waals surface area contributed by atoms with Gasteiger partial charge in [-0.3, -0.25) is 13.9 Å². The SMILES string of the molecule is CC[C@H](C)NC(=O)[C@H](Cc1ccccc1)N(Cc1ccc(Br)cc1)C(=O)CN(c1ccc(OC)cc1OC)S(C)(=O)=O. The highest BCUT2D eigenvalue weighted by atomic mass is 79.9. The number of benzene rings is 3. The lowest BCUT2D eigenvalue weighted by molar-refractivity contribution is -0.140. The summed E-state index contributed by atoms with van der Waals surface area (Å²) >= 11 is 3.44. The summed E-state index contributed by atoms with van der Waals surface area (Å²) in [7, 11) is -1.04. The molecule has 3 rings (SSSR count). The largest absolute Gasteiger partial charge is 0.497 e. The molecule has 226 valence electrons. The number of nitrogens with one attached hydrogen (secondary N) is 1. The number of ether oxygens (including phenoxy) is 2. The molecule has 2 amide bonds. The summed E-state index contributed by atoms with van der Waals surface area (Å²) in [6.07, 6.45) is 1.99. The van der Waals surface area contributed by atoms with Crippen LogP contribution in [0.2, 0.25) is 0 Å². The standard InChI is InChI=1S/C31H38BrN3O6S/c1-6-22(2)33-31(37)28(18-23-10-8-7-9-11-23)34(20-24-12-14-25(32)15-13-24)30(36)21-35(42(5,38)39)27-17-16-26(40-3)19-29(27)41-4/h7-17,19,22,28H,6,18,20-21H2,1-5H3,(H,33,37)/t22-,28-/m0/s1. The number of carbonyl (C=O) groups is 2. The summed E-state index contributed by atoms with van der Waals surface area (Å²) < 4.78 is 38.7. The molecule has 0 saturated carbocycles. The molecule has 0 unspecified atom stereocenters. The minimum atomic E-state index is -3.95. The highest BCUT2D eigenvalue weighted by molar-refractivity contribution is 9.10. The molecule has 3 aromatic rings. The third kappa shape index (κ3) is 8.96. The van der Waals surface area contributed by atoms with Gasteiger partial charge in [0.2, 0.25) is 21.8 Å². The van der Waals surface area contributed by atoms with Crippen LogP contribution in [0.4, 0.5) is 5.69 Å². The van der Waals surface area contributed by atoms with Gasteiger partial charge in [-0.15, -0.1) is 0 Å². The van der Waals surface area contributed by atoms with Gasteiger partial charge < -0.3 is 19.7 Å². The maximum atomic E-state index is 14.2. The minimum Gasteiger partial charge on any atom is -0.497 e. The van der Waals surface area contributed by atoms with Gasteiger partial charge in [-0.05, 0) is 48.7 Å². The average Bonchev–Trinajstić information content (AvgIpc) is 2.98. The van der Waals surface area contributed by atoms with E-state index >= 15 is 0 Å². The number of hydrogen-bond acceptors (Lipinski definition) is 6. The van der Waals surface area contributed by atoms with Gasteiger partial charge in [0.15, 0.2) is 0 Å². The van der Waals surface area contributed by atoms with Crippen molar-refractivity contribution in [2.75, 3.05) is 31.3 Å². The molecule has 0 heterocycles. The Hall–Kier alpha value is -3.57. The average molecular weight is 661 g/mol. The first-order valence-electron chi connectivity index (χ1n) is 13.5. The molecule has 0 aromatic heterocycles. The van der Waals surface area contributed by atoms with Crippen LogP contribution >= 0.6 is 15.9 Å². The predicted molar refractivity (Wildman–Crippen MR) is 168 cm³/mol. The van der Waals surface area contributed by atoms with E-state index in [1.807, 2.05) is 68.4 Å². The fourth-order valence-corrected chi connectivity index (χ4v) is 5.48. The summed E-state index contributed by atoms with van der Waals surface area (Å²) in [6.45, 7) is 3.42. The third-order valence-electron chi connectivity index (χ3n) is 6.87. The normalized spacial score (nSPS) is 12.6. The van der Waals surface area contributed by atoms with Gasteiger partial charge in [0.1, 0.15) is 24.1 Å². The van der Waals surface area contributed by atoms with E-state index in [1.54, 1.807) is 12.1 Å². The van der Waals surface area contributed by atoms with Crippen LogP contribution in [-0.2, 0) is 32.6 Å². The minimum absolute atomic E-state index is 0.0922. The van der Waals surface area contributed by atoms with Crippen LogP contribution in [0.25, 0.3) is 0 Å². The Bertz CT molecular complexity index is 1450. The number of sulfonamides is 1. The van der Waals surface area contributed by atoms with Gasteiger partial charge in [-0.2, -0.15) is 0 Å². The molecule has 0 aliphatic heterocycles.